The molecule has 0 aliphatic carbocycles. The first-order chi connectivity index (χ1) is 9.56. The highest BCUT2D eigenvalue weighted by Crippen LogP contribution is 2.16. The second-order valence-corrected chi connectivity index (χ2v) is 4.95. The third-order valence-electron chi connectivity index (χ3n) is 3.31. The van der Waals surface area contributed by atoms with Gasteiger partial charge in [0.2, 0.25) is 5.91 Å². The fraction of sp³-hybridized carbons (Fsp3) is 0.235. The Morgan fingerprint density at radius 1 is 1.15 bits per heavy atom. The maximum absolute atomic E-state index is 12.8. The third kappa shape index (κ3) is 3.67. The van der Waals surface area contributed by atoms with Gasteiger partial charge in [0.15, 0.2) is 0 Å². The molecule has 0 saturated heterocycles. The molecule has 104 valence electrons. The van der Waals surface area contributed by atoms with Crippen LogP contribution < -0.4 is 5.32 Å². The average molecular weight is 271 g/mol. The van der Waals surface area contributed by atoms with Crippen LogP contribution >= 0.6 is 0 Å². The molecule has 20 heavy (non-hydrogen) atoms. The van der Waals surface area contributed by atoms with Crippen LogP contribution in [-0.2, 0) is 11.2 Å². The molecule has 1 atom stereocenters. The van der Waals surface area contributed by atoms with Crippen LogP contribution in [-0.4, -0.2) is 5.91 Å². The Morgan fingerprint density at radius 2 is 1.80 bits per heavy atom. The van der Waals surface area contributed by atoms with E-state index in [0.717, 1.165) is 16.7 Å². The van der Waals surface area contributed by atoms with Gasteiger partial charge in [-0.3, -0.25) is 4.79 Å². The second kappa shape index (κ2) is 6.33. The number of hydrogen-bond donors (Lipinski definition) is 1. The maximum atomic E-state index is 12.8. The van der Waals surface area contributed by atoms with E-state index in [1.54, 1.807) is 12.1 Å². The molecular weight excluding hydrogens is 253 g/mol. The Kier molecular flexibility index (Phi) is 4.51. The summed E-state index contributed by atoms with van der Waals surface area (Å²) >= 11 is 0. The molecule has 2 rings (SSSR count). The van der Waals surface area contributed by atoms with Crippen LogP contribution in [0.1, 0.15) is 29.7 Å². The van der Waals surface area contributed by atoms with Crippen molar-refractivity contribution < 1.29 is 9.18 Å². The normalized spacial score (nSPS) is 11.9. The van der Waals surface area contributed by atoms with Gasteiger partial charge in [-0.05, 0) is 42.7 Å². The Hall–Kier alpha value is -2.16. The second-order valence-electron chi connectivity index (χ2n) is 4.95. The molecule has 0 radical (unpaired) electrons. The number of rotatable bonds is 4. The molecule has 0 fully saturated rings. The molecule has 0 heterocycles. The molecule has 0 bridgehead atoms. The average Bonchev–Trinajstić information content (AvgIpc) is 2.41. The smallest absolute Gasteiger partial charge is 0.224 e. The van der Waals surface area contributed by atoms with Gasteiger partial charge in [0.1, 0.15) is 5.82 Å². The van der Waals surface area contributed by atoms with Gasteiger partial charge < -0.3 is 5.32 Å². The highest BCUT2D eigenvalue weighted by molar-refractivity contribution is 5.79. The lowest BCUT2D eigenvalue weighted by atomic mass is 10.0. The summed E-state index contributed by atoms with van der Waals surface area (Å²) in [4.78, 5) is 12.0. The van der Waals surface area contributed by atoms with Crippen molar-refractivity contribution in [3.63, 3.8) is 0 Å². The van der Waals surface area contributed by atoms with Crippen molar-refractivity contribution in [3.05, 3.63) is 71.0 Å². The molecule has 0 aliphatic rings. The summed E-state index contributed by atoms with van der Waals surface area (Å²) in [6, 6.07) is 13.9. The molecule has 0 saturated carbocycles. The van der Waals surface area contributed by atoms with Crippen molar-refractivity contribution in [1.82, 2.24) is 5.32 Å². The van der Waals surface area contributed by atoms with Crippen molar-refractivity contribution in [1.29, 1.82) is 0 Å². The summed E-state index contributed by atoms with van der Waals surface area (Å²) in [5.41, 5.74) is 3.07. The number of nitrogens with one attached hydrogen (secondary N) is 1. The number of aryl methyl sites for hydroxylation is 1. The van der Waals surface area contributed by atoms with E-state index in [2.05, 4.69) is 5.32 Å². The van der Waals surface area contributed by atoms with E-state index in [9.17, 15) is 9.18 Å². The lowest BCUT2D eigenvalue weighted by molar-refractivity contribution is -0.121. The number of carbonyl (C=O) groups is 1. The van der Waals surface area contributed by atoms with E-state index in [1.807, 2.05) is 38.1 Å². The van der Waals surface area contributed by atoms with E-state index >= 15 is 0 Å². The number of hydrogen-bond acceptors (Lipinski definition) is 1. The van der Waals surface area contributed by atoms with Crippen LogP contribution in [0.15, 0.2) is 48.5 Å². The summed E-state index contributed by atoms with van der Waals surface area (Å²) in [7, 11) is 0. The zero-order valence-corrected chi connectivity index (χ0v) is 11.7. The molecule has 1 N–H and O–H groups in total. The highest BCUT2D eigenvalue weighted by Gasteiger charge is 2.11. The van der Waals surface area contributed by atoms with Crippen molar-refractivity contribution >= 4 is 5.91 Å². The number of amides is 1. The first-order valence-corrected chi connectivity index (χ1v) is 6.65. The van der Waals surface area contributed by atoms with E-state index in [0.29, 0.717) is 0 Å². The molecule has 3 heteroatoms. The van der Waals surface area contributed by atoms with Crippen LogP contribution in [0, 0.1) is 12.7 Å². The molecule has 0 unspecified atom stereocenters. The predicted octanol–water partition coefficient (Wildman–Crippen LogP) is 3.55. The Morgan fingerprint density at radius 3 is 2.45 bits per heavy atom. The number of halogens is 1. The van der Waals surface area contributed by atoms with Gasteiger partial charge in [0.05, 0.1) is 12.5 Å². The fourth-order valence-corrected chi connectivity index (χ4v) is 2.23. The Bertz CT molecular complexity index is 592. The predicted molar refractivity (Wildman–Crippen MR) is 77.8 cm³/mol. The lowest BCUT2D eigenvalue weighted by Gasteiger charge is -2.16. The van der Waals surface area contributed by atoms with Crippen molar-refractivity contribution in [2.45, 2.75) is 26.3 Å². The summed E-state index contributed by atoms with van der Waals surface area (Å²) in [6.07, 6.45) is 0.260. The van der Waals surface area contributed by atoms with Gasteiger partial charge in [-0.15, -0.1) is 0 Å². The molecule has 2 nitrogen and oxygen atoms in total. The summed E-state index contributed by atoms with van der Waals surface area (Å²) in [5.74, 6) is -0.352. The van der Waals surface area contributed by atoms with Crippen molar-refractivity contribution in [3.8, 4) is 0 Å². The van der Waals surface area contributed by atoms with Gasteiger partial charge in [0.25, 0.3) is 0 Å². The summed E-state index contributed by atoms with van der Waals surface area (Å²) in [5, 5.41) is 2.97. The van der Waals surface area contributed by atoms with Crippen molar-refractivity contribution in [2.75, 3.05) is 0 Å². The molecule has 2 aromatic carbocycles. The zero-order valence-electron chi connectivity index (χ0n) is 11.7. The first-order valence-electron chi connectivity index (χ1n) is 6.65. The Balaban J connectivity index is 1.98. The summed E-state index contributed by atoms with van der Waals surface area (Å²) in [6.45, 7) is 3.99. The molecule has 0 aliphatic heterocycles. The molecule has 0 aromatic heterocycles. The van der Waals surface area contributed by atoms with Crippen molar-refractivity contribution in [2.24, 2.45) is 0 Å². The fourth-order valence-electron chi connectivity index (χ4n) is 2.23. The standard InChI is InChI=1S/C17H18FNO/c1-12-5-3-4-6-16(12)13(2)19-17(20)11-14-7-9-15(18)10-8-14/h3-10,13H,11H2,1-2H3,(H,19,20)/t13-/m1/s1. The number of benzene rings is 2. The maximum Gasteiger partial charge on any atom is 0.224 e. The van der Waals surface area contributed by atoms with Crippen LogP contribution in [0.3, 0.4) is 0 Å². The van der Waals surface area contributed by atoms with E-state index in [1.165, 1.54) is 12.1 Å². The minimum atomic E-state index is -0.289. The first kappa shape index (κ1) is 14.3. The van der Waals surface area contributed by atoms with Crippen LogP contribution in [0.25, 0.3) is 0 Å². The number of carbonyl (C=O) groups excluding carboxylic acids is 1. The third-order valence-corrected chi connectivity index (χ3v) is 3.31. The SMILES string of the molecule is Cc1ccccc1[C@@H](C)NC(=O)Cc1ccc(F)cc1. The summed E-state index contributed by atoms with van der Waals surface area (Å²) < 4.78 is 12.8. The van der Waals surface area contributed by atoms with Gasteiger partial charge in [-0.1, -0.05) is 36.4 Å². The van der Waals surface area contributed by atoms with Gasteiger partial charge in [-0.25, -0.2) is 4.39 Å². The molecular formula is C17H18FNO. The highest BCUT2D eigenvalue weighted by atomic mass is 19.1. The van der Waals surface area contributed by atoms with E-state index in [-0.39, 0.29) is 24.2 Å². The lowest BCUT2D eigenvalue weighted by Crippen LogP contribution is -2.28. The molecule has 2 aromatic rings. The minimum absolute atomic E-state index is 0.0378. The van der Waals surface area contributed by atoms with Crippen LogP contribution in [0.5, 0.6) is 0 Å². The van der Waals surface area contributed by atoms with Crippen LogP contribution in [0.2, 0.25) is 0 Å². The van der Waals surface area contributed by atoms with Gasteiger partial charge in [0, 0.05) is 0 Å². The Labute approximate surface area is 118 Å². The van der Waals surface area contributed by atoms with Crippen LogP contribution in [0.4, 0.5) is 4.39 Å². The molecule has 0 spiro atoms. The minimum Gasteiger partial charge on any atom is -0.349 e. The van der Waals surface area contributed by atoms with Gasteiger partial charge in [-0.2, -0.15) is 0 Å². The largest absolute Gasteiger partial charge is 0.349 e. The topological polar surface area (TPSA) is 29.1 Å². The van der Waals surface area contributed by atoms with Gasteiger partial charge >= 0.3 is 0 Å². The zero-order chi connectivity index (χ0) is 14.5. The monoisotopic (exact) mass is 271 g/mol. The van der Waals surface area contributed by atoms with E-state index < -0.39 is 0 Å². The quantitative estimate of drug-likeness (QED) is 0.905. The molecule has 1 amide bonds. The van der Waals surface area contributed by atoms with E-state index in [4.69, 9.17) is 0 Å².